The van der Waals surface area contributed by atoms with E-state index in [1.165, 1.54) is 6.20 Å². The number of nitrogens with one attached hydrogen (secondary N) is 1. The highest BCUT2D eigenvalue weighted by Crippen LogP contribution is 2.16. The molecule has 5 heteroatoms. The van der Waals surface area contributed by atoms with Crippen molar-refractivity contribution in [1.82, 2.24) is 15.3 Å². The SMILES string of the molecule is CN(C)c1ccccc1C#CCNC(=O)c1cnc2ccccc2n1. The molecule has 0 aliphatic heterocycles. The van der Waals surface area contributed by atoms with Crippen molar-refractivity contribution >= 4 is 22.6 Å². The first-order chi connectivity index (χ1) is 12.1. The van der Waals surface area contributed by atoms with Crippen LogP contribution in [0.1, 0.15) is 16.1 Å². The first-order valence-electron chi connectivity index (χ1n) is 7.90. The molecule has 1 amide bonds. The van der Waals surface area contributed by atoms with Gasteiger partial charge in [0.1, 0.15) is 5.69 Å². The van der Waals surface area contributed by atoms with Crippen molar-refractivity contribution in [2.45, 2.75) is 0 Å². The monoisotopic (exact) mass is 330 g/mol. The summed E-state index contributed by atoms with van der Waals surface area (Å²) in [6.07, 6.45) is 1.48. The van der Waals surface area contributed by atoms with Crippen molar-refractivity contribution in [3.8, 4) is 11.8 Å². The van der Waals surface area contributed by atoms with Crippen molar-refractivity contribution in [3.05, 3.63) is 66.0 Å². The van der Waals surface area contributed by atoms with Gasteiger partial charge in [0, 0.05) is 19.7 Å². The van der Waals surface area contributed by atoms with Crippen LogP contribution in [0, 0.1) is 11.8 Å². The molecule has 5 nitrogen and oxygen atoms in total. The lowest BCUT2D eigenvalue weighted by Crippen LogP contribution is -2.24. The summed E-state index contributed by atoms with van der Waals surface area (Å²) < 4.78 is 0. The van der Waals surface area contributed by atoms with E-state index >= 15 is 0 Å². The largest absolute Gasteiger partial charge is 0.377 e. The summed E-state index contributed by atoms with van der Waals surface area (Å²) in [5.41, 5.74) is 3.71. The first-order valence-corrected chi connectivity index (χ1v) is 7.90. The van der Waals surface area contributed by atoms with Gasteiger partial charge in [-0.15, -0.1) is 0 Å². The molecule has 0 unspecified atom stereocenters. The molecular weight excluding hydrogens is 312 g/mol. The van der Waals surface area contributed by atoms with E-state index in [2.05, 4.69) is 27.1 Å². The average molecular weight is 330 g/mol. The smallest absolute Gasteiger partial charge is 0.272 e. The maximum Gasteiger partial charge on any atom is 0.272 e. The zero-order valence-corrected chi connectivity index (χ0v) is 14.2. The number of benzene rings is 2. The standard InChI is InChI=1S/C20H18N4O/c1-24(2)19-12-6-3-8-15(19)9-7-13-21-20(25)18-14-22-16-10-4-5-11-17(16)23-18/h3-6,8,10-12,14H,13H2,1-2H3,(H,21,25). The second-order valence-corrected chi connectivity index (χ2v) is 5.64. The molecule has 124 valence electrons. The number of carbonyl (C=O) groups is 1. The molecule has 0 aliphatic rings. The number of anilines is 1. The Balaban J connectivity index is 1.67. The lowest BCUT2D eigenvalue weighted by Gasteiger charge is -2.13. The summed E-state index contributed by atoms with van der Waals surface area (Å²) in [6, 6.07) is 15.3. The van der Waals surface area contributed by atoms with Crippen molar-refractivity contribution in [1.29, 1.82) is 0 Å². The van der Waals surface area contributed by atoms with E-state index in [1.807, 2.05) is 67.5 Å². The summed E-state index contributed by atoms with van der Waals surface area (Å²) in [7, 11) is 3.95. The Bertz CT molecular complexity index is 970. The third kappa shape index (κ3) is 3.93. The number of aromatic nitrogens is 2. The van der Waals surface area contributed by atoms with Crippen molar-refractivity contribution in [2.24, 2.45) is 0 Å². The molecule has 3 aromatic rings. The highest BCUT2D eigenvalue weighted by molar-refractivity contribution is 5.93. The van der Waals surface area contributed by atoms with E-state index in [-0.39, 0.29) is 18.1 Å². The van der Waals surface area contributed by atoms with Gasteiger partial charge in [0.15, 0.2) is 0 Å². The lowest BCUT2D eigenvalue weighted by molar-refractivity contribution is 0.0953. The Morgan fingerprint density at radius 1 is 1.08 bits per heavy atom. The van der Waals surface area contributed by atoms with Gasteiger partial charge in [0.05, 0.1) is 29.5 Å². The van der Waals surface area contributed by atoms with Crippen LogP contribution in [0.5, 0.6) is 0 Å². The minimum absolute atomic E-state index is 0.245. The average Bonchev–Trinajstić information content (AvgIpc) is 2.64. The Labute approximate surface area is 146 Å². The predicted octanol–water partition coefficient (Wildman–Crippen LogP) is 2.48. The minimum Gasteiger partial charge on any atom is -0.377 e. The zero-order valence-electron chi connectivity index (χ0n) is 14.2. The number of rotatable bonds is 3. The second kappa shape index (κ2) is 7.45. The highest BCUT2D eigenvalue weighted by atomic mass is 16.1. The minimum atomic E-state index is -0.284. The van der Waals surface area contributed by atoms with Crippen LogP contribution < -0.4 is 10.2 Å². The van der Waals surface area contributed by atoms with E-state index in [4.69, 9.17) is 0 Å². The maximum atomic E-state index is 12.2. The normalized spacial score (nSPS) is 10.0. The van der Waals surface area contributed by atoms with Gasteiger partial charge in [-0.05, 0) is 24.3 Å². The summed E-state index contributed by atoms with van der Waals surface area (Å²) >= 11 is 0. The van der Waals surface area contributed by atoms with Crippen LogP contribution in [0.25, 0.3) is 11.0 Å². The molecule has 0 bridgehead atoms. The van der Waals surface area contributed by atoms with Gasteiger partial charge in [-0.3, -0.25) is 9.78 Å². The molecule has 0 fully saturated rings. The summed E-state index contributed by atoms with van der Waals surface area (Å²) in [6.45, 7) is 0.245. The van der Waals surface area contributed by atoms with Crippen LogP contribution in [0.2, 0.25) is 0 Å². The topological polar surface area (TPSA) is 58.1 Å². The van der Waals surface area contributed by atoms with Gasteiger partial charge < -0.3 is 10.2 Å². The number of para-hydroxylation sites is 3. The van der Waals surface area contributed by atoms with Gasteiger partial charge in [-0.2, -0.15) is 0 Å². The number of amides is 1. The second-order valence-electron chi connectivity index (χ2n) is 5.64. The molecule has 0 radical (unpaired) electrons. The Kier molecular flexibility index (Phi) is 4.91. The Morgan fingerprint density at radius 3 is 2.60 bits per heavy atom. The summed E-state index contributed by atoms with van der Waals surface area (Å²) in [5, 5.41) is 2.75. The molecule has 25 heavy (non-hydrogen) atoms. The van der Waals surface area contributed by atoms with Crippen LogP contribution in [0.4, 0.5) is 5.69 Å². The molecule has 1 heterocycles. The van der Waals surface area contributed by atoms with E-state index in [9.17, 15) is 4.79 Å². The predicted molar refractivity (Wildman–Crippen MR) is 99.5 cm³/mol. The van der Waals surface area contributed by atoms with E-state index < -0.39 is 0 Å². The first kappa shape index (κ1) is 16.5. The van der Waals surface area contributed by atoms with Gasteiger partial charge in [0.25, 0.3) is 5.91 Å². The van der Waals surface area contributed by atoms with Crippen LogP contribution >= 0.6 is 0 Å². The van der Waals surface area contributed by atoms with Gasteiger partial charge in [-0.25, -0.2) is 4.98 Å². The van der Waals surface area contributed by atoms with Crippen LogP contribution in [-0.4, -0.2) is 36.5 Å². The molecular formula is C20H18N4O. The number of carbonyl (C=O) groups excluding carboxylic acids is 1. The van der Waals surface area contributed by atoms with Crippen LogP contribution in [-0.2, 0) is 0 Å². The summed E-state index contributed by atoms with van der Waals surface area (Å²) in [5.74, 6) is 5.78. The number of fused-ring (bicyclic) bond motifs is 1. The summed E-state index contributed by atoms with van der Waals surface area (Å²) in [4.78, 5) is 22.8. The van der Waals surface area contributed by atoms with E-state index in [1.54, 1.807) is 0 Å². The molecule has 3 rings (SSSR count). The number of hydrogen-bond donors (Lipinski definition) is 1. The Morgan fingerprint density at radius 2 is 1.80 bits per heavy atom. The Hall–Kier alpha value is -3.39. The zero-order chi connectivity index (χ0) is 17.6. The number of nitrogens with zero attached hydrogens (tertiary/aromatic N) is 3. The molecule has 2 aromatic carbocycles. The van der Waals surface area contributed by atoms with Gasteiger partial charge in [0.2, 0.25) is 0 Å². The van der Waals surface area contributed by atoms with Gasteiger partial charge in [-0.1, -0.05) is 36.1 Å². The third-order valence-corrected chi connectivity index (χ3v) is 3.63. The molecule has 0 spiro atoms. The van der Waals surface area contributed by atoms with Crippen molar-refractivity contribution in [2.75, 3.05) is 25.5 Å². The fourth-order valence-corrected chi connectivity index (χ4v) is 2.39. The third-order valence-electron chi connectivity index (χ3n) is 3.63. The van der Waals surface area contributed by atoms with Crippen molar-refractivity contribution in [3.63, 3.8) is 0 Å². The molecule has 0 aliphatic carbocycles. The van der Waals surface area contributed by atoms with E-state index in [0.29, 0.717) is 5.52 Å². The molecule has 0 saturated carbocycles. The van der Waals surface area contributed by atoms with E-state index in [0.717, 1.165) is 16.8 Å². The quantitative estimate of drug-likeness (QED) is 0.750. The fraction of sp³-hybridized carbons (Fsp3) is 0.150. The molecule has 1 N–H and O–H groups in total. The van der Waals surface area contributed by atoms with Crippen LogP contribution in [0.3, 0.4) is 0 Å². The van der Waals surface area contributed by atoms with Crippen molar-refractivity contribution < 1.29 is 4.79 Å². The van der Waals surface area contributed by atoms with Gasteiger partial charge >= 0.3 is 0 Å². The highest BCUT2D eigenvalue weighted by Gasteiger charge is 2.07. The molecule has 0 saturated heterocycles. The molecule has 1 aromatic heterocycles. The lowest BCUT2D eigenvalue weighted by atomic mass is 10.1. The fourth-order valence-electron chi connectivity index (χ4n) is 2.39. The number of hydrogen-bond acceptors (Lipinski definition) is 4. The van der Waals surface area contributed by atoms with Crippen LogP contribution in [0.15, 0.2) is 54.7 Å². The maximum absolute atomic E-state index is 12.2. The molecule has 0 atom stereocenters.